The van der Waals surface area contributed by atoms with Crippen molar-refractivity contribution in [1.82, 2.24) is 0 Å². The number of rotatable bonds is 2. The van der Waals surface area contributed by atoms with Crippen LogP contribution >= 0.6 is 23.2 Å². The monoisotopic (exact) mass is 362 g/mol. The minimum Gasteiger partial charge on any atom is -0.325 e. The predicted molar refractivity (Wildman–Crippen MR) is 93.9 cm³/mol. The number of amides is 2. The van der Waals surface area contributed by atoms with Crippen LogP contribution in [-0.2, 0) is 9.59 Å². The van der Waals surface area contributed by atoms with Gasteiger partial charge >= 0.3 is 0 Å². The van der Waals surface area contributed by atoms with E-state index in [1.807, 2.05) is 0 Å². The number of hydrogen-bond donors (Lipinski definition) is 2. The van der Waals surface area contributed by atoms with E-state index in [2.05, 4.69) is 10.6 Å². The quantitative estimate of drug-likeness (QED) is 0.719. The highest BCUT2D eigenvalue weighted by Crippen LogP contribution is 2.43. The van der Waals surface area contributed by atoms with Crippen LogP contribution in [0.5, 0.6) is 0 Å². The summed E-state index contributed by atoms with van der Waals surface area (Å²) < 4.78 is 0. The summed E-state index contributed by atoms with van der Waals surface area (Å²) in [6.45, 7) is 2.72. The van der Waals surface area contributed by atoms with Gasteiger partial charge in [0.05, 0.1) is 21.4 Å². The van der Waals surface area contributed by atoms with Gasteiger partial charge in [-0.05, 0) is 35.4 Å². The van der Waals surface area contributed by atoms with Crippen molar-refractivity contribution in [2.75, 3.05) is 10.6 Å². The Morgan fingerprint density at radius 3 is 1.46 bits per heavy atom. The molecule has 5 nitrogen and oxygen atoms in total. The highest BCUT2D eigenvalue weighted by atomic mass is 35.5. The Labute approximate surface area is 147 Å². The van der Waals surface area contributed by atoms with Crippen LogP contribution in [0.15, 0.2) is 24.3 Å². The summed E-state index contributed by atoms with van der Waals surface area (Å²) in [5, 5.41) is 5.84. The number of benzene rings is 2. The molecule has 1 aliphatic rings. The van der Waals surface area contributed by atoms with Crippen molar-refractivity contribution >= 4 is 52.2 Å². The van der Waals surface area contributed by atoms with Gasteiger partial charge < -0.3 is 10.6 Å². The summed E-state index contributed by atoms with van der Waals surface area (Å²) in [5.74, 6) is -0.780. The minimum absolute atomic E-state index is 0.216. The molecule has 0 aromatic heterocycles. The van der Waals surface area contributed by atoms with Crippen LogP contribution in [0.4, 0.5) is 11.4 Å². The van der Waals surface area contributed by atoms with Crippen molar-refractivity contribution in [3.63, 3.8) is 0 Å². The smallest absolute Gasteiger partial charge is 0.221 e. The van der Waals surface area contributed by atoms with Crippen LogP contribution in [-0.4, -0.2) is 17.6 Å². The molecule has 0 fully saturated rings. The van der Waals surface area contributed by atoms with Gasteiger partial charge in [-0.2, -0.15) is 0 Å². The second-order valence-corrected chi connectivity index (χ2v) is 6.26. The maximum Gasteiger partial charge on any atom is 0.221 e. The lowest BCUT2D eigenvalue weighted by Gasteiger charge is -2.09. The Morgan fingerprint density at radius 2 is 1.12 bits per heavy atom. The normalized spacial score (nSPS) is 11.8. The van der Waals surface area contributed by atoms with Gasteiger partial charge in [0.15, 0.2) is 5.78 Å². The zero-order valence-corrected chi connectivity index (χ0v) is 14.3. The fourth-order valence-electron chi connectivity index (χ4n) is 2.68. The molecular weight excluding hydrogens is 351 g/mol. The number of carbonyl (C=O) groups excluding carboxylic acids is 3. The van der Waals surface area contributed by atoms with Crippen molar-refractivity contribution < 1.29 is 14.4 Å². The van der Waals surface area contributed by atoms with E-state index in [1.54, 1.807) is 24.3 Å². The molecule has 7 heteroatoms. The summed E-state index contributed by atoms with van der Waals surface area (Å²) in [6.07, 6.45) is 0. The number of halogens is 2. The first-order chi connectivity index (χ1) is 11.3. The molecule has 0 saturated carbocycles. The summed E-state index contributed by atoms with van der Waals surface area (Å²) in [7, 11) is 0. The lowest BCUT2D eigenvalue weighted by atomic mass is 10.0. The first-order valence-corrected chi connectivity index (χ1v) is 7.81. The number of hydrogen-bond acceptors (Lipinski definition) is 3. The van der Waals surface area contributed by atoms with Crippen molar-refractivity contribution in [1.29, 1.82) is 0 Å². The molecule has 0 aliphatic heterocycles. The molecule has 0 bridgehead atoms. The van der Waals surface area contributed by atoms with Crippen molar-refractivity contribution in [2.45, 2.75) is 13.8 Å². The zero-order valence-electron chi connectivity index (χ0n) is 12.8. The molecule has 0 spiro atoms. The fourth-order valence-corrected chi connectivity index (χ4v) is 3.11. The van der Waals surface area contributed by atoms with Crippen LogP contribution in [0.2, 0.25) is 10.0 Å². The van der Waals surface area contributed by atoms with Gasteiger partial charge in [-0.25, -0.2) is 0 Å². The van der Waals surface area contributed by atoms with Crippen LogP contribution in [0.1, 0.15) is 29.8 Å². The van der Waals surface area contributed by atoms with E-state index in [9.17, 15) is 14.4 Å². The van der Waals surface area contributed by atoms with Gasteiger partial charge in [0.1, 0.15) is 0 Å². The van der Waals surface area contributed by atoms with E-state index in [0.29, 0.717) is 43.7 Å². The van der Waals surface area contributed by atoms with E-state index >= 15 is 0 Å². The SMILES string of the molecule is CC(=O)Nc1cc2c(cc1Cl)-c1cc(Cl)c(NC(C)=O)cc1C2=O. The van der Waals surface area contributed by atoms with E-state index < -0.39 is 0 Å². The second kappa shape index (κ2) is 5.92. The number of nitrogens with one attached hydrogen (secondary N) is 2. The second-order valence-electron chi connectivity index (χ2n) is 5.45. The number of carbonyl (C=O) groups is 3. The Balaban J connectivity index is 2.14. The number of anilines is 2. The highest BCUT2D eigenvalue weighted by molar-refractivity contribution is 6.37. The van der Waals surface area contributed by atoms with Crippen LogP contribution in [0.3, 0.4) is 0 Å². The maximum absolute atomic E-state index is 12.7. The molecule has 1 aliphatic carbocycles. The number of fused-ring (bicyclic) bond motifs is 3. The lowest BCUT2D eigenvalue weighted by Crippen LogP contribution is -2.08. The first-order valence-electron chi connectivity index (χ1n) is 7.05. The minimum atomic E-state index is -0.282. The Hall–Kier alpha value is -2.37. The summed E-state index contributed by atoms with van der Waals surface area (Å²) in [4.78, 5) is 35.2. The van der Waals surface area contributed by atoms with E-state index in [0.717, 1.165) is 0 Å². The summed E-state index contributed by atoms with van der Waals surface area (Å²) in [5.41, 5.74) is 2.88. The van der Waals surface area contributed by atoms with Gasteiger partial charge in [0.25, 0.3) is 0 Å². The molecule has 24 heavy (non-hydrogen) atoms. The third-order valence-corrected chi connectivity index (χ3v) is 4.24. The summed E-state index contributed by atoms with van der Waals surface area (Å²) >= 11 is 12.4. The molecule has 0 radical (unpaired) electrons. The molecule has 0 unspecified atom stereocenters. The lowest BCUT2D eigenvalue weighted by molar-refractivity contribution is -0.115. The van der Waals surface area contributed by atoms with Gasteiger partial charge in [-0.3, -0.25) is 14.4 Å². The van der Waals surface area contributed by atoms with Gasteiger partial charge in [-0.15, -0.1) is 0 Å². The van der Waals surface area contributed by atoms with E-state index in [1.165, 1.54) is 13.8 Å². The molecule has 2 amide bonds. The zero-order chi connectivity index (χ0) is 17.6. The maximum atomic E-state index is 12.7. The largest absolute Gasteiger partial charge is 0.325 e. The third-order valence-electron chi connectivity index (χ3n) is 3.62. The van der Waals surface area contributed by atoms with Crippen LogP contribution < -0.4 is 10.6 Å². The van der Waals surface area contributed by atoms with Crippen LogP contribution in [0, 0.1) is 0 Å². The molecule has 0 saturated heterocycles. The standard InChI is InChI=1S/C17H12Cl2N2O3/c1-7(22)20-15-5-11-9(3-13(15)18)10-4-14(19)16(21-8(2)23)6-12(10)17(11)24/h3-6H,1-2H3,(H,20,22)(H,21,23). The third kappa shape index (κ3) is 2.77. The predicted octanol–water partition coefficient (Wildman–Crippen LogP) is 4.12. The molecule has 3 rings (SSSR count). The van der Waals surface area contributed by atoms with E-state index in [-0.39, 0.29) is 17.6 Å². The van der Waals surface area contributed by atoms with E-state index in [4.69, 9.17) is 23.2 Å². The topological polar surface area (TPSA) is 75.3 Å². The van der Waals surface area contributed by atoms with Gasteiger partial charge in [0, 0.05) is 25.0 Å². The Kier molecular flexibility index (Phi) is 4.07. The molecule has 122 valence electrons. The Bertz CT molecular complexity index is 849. The van der Waals surface area contributed by atoms with Crippen molar-refractivity contribution in [3.05, 3.63) is 45.4 Å². The van der Waals surface area contributed by atoms with Gasteiger partial charge in [-0.1, -0.05) is 23.2 Å². The van der Waals surface area contributed by atoms with Crippen LogP contribution in [0.25, 0.3) is 11.1 Å². The average Bonchev–Trinajstić information content (AvgIpc) is 2.72. The van der Waals surface area contributed by atoms with Crippen molar-refractivity contribution in [3.8, 4) is 11.1 Å². The van der Waals surface area contributed by atoms with Crippen molar-refractivity contribution in [2.24, 2.45) is 0 Å². The highest BCUT2D eigenvalue weighted by Gasteiger charge is 2.29. The molecular formula is C17H12Cl2N2O3. The van der Waals surface area contributed by atoms with Gasteiger partial charge in [0.2, 0.25) is 11.8 Å². The number of ketones is 1. The average molecular weight is 363 g/mol. The molecule has 0 heterocycles. The Morgan fingerprint density at radius 1 is 0.750 bits per heavy atom. The molecule has 2 aromatic rings. The fraction of sp³-hybridized carbons (Fsp3) is 0.118. The molecule has 2 aromatic carbocycles. The molecule has 0 atom stereocenters. The molecule has 2 N–H and O–H groups in total. The summed E-state index contributed by atoms with van der Waals surface area (Å²) in [6, 6.07) is 6.35. The first kappa shape index (κ1) is 16.5.